The van der Waals surface area contributed by atoms with E-state index in [-0.39, 0.29) is 5.54 Å². The van der Waals surface area contributed by atoms with Gasteiger partial charge >= 0.3 is 0 Å². The van der Waals surface area contributed by atoms with Crippen LogP contribution >= 0.6 is 11.8 Å². The van der Waals surface area contributed by atoms with Gasteiger partial charge < -0.3 is 10.5 Å². The quantitative estimate of drug-likeness (QED) is 0.831. The highest BCUT2D eigenvalue weighted by molar-refractivity contribution is 7.99. The van der Waals surface area contributed by atoms with Gasteiger partial charge in [-0.05, 0) is 50.2 Å². The van der Waals surface area contributed by atoms with Crippen LogP contribution in [0.1, 0.15) is 25.7 Å². The van der Waals surface area contributed by atoms with Crippen LogP contribution in [0.25, 0.3) is 0 Å². The third kappa shape index (κ3) is 3.37. The Bertz CT molecular complexity index is 225. The van der Waals surface area contributed by atoms with E-state index >= 15 is 0 Å². The molecule has 0 aliphatic carbocycles. The van der Waals surface area contributed by atoms with Gasteiger partial charge in [-0.25, -0.2) is 0 Å². The first-order valence-corrected chi connectivity index (χ1v) is 7.99. The Morgan fingerprint density at radius 1 is 1.29 bits per heavy atom. The molecule has 0 saturated carbocycles. The normalized spacial score (nSPS) is 26.3. The zero-order valence-electron chi connectivity index (χ0n) is 11.0. The molecule has 0 radical (unpaired) electrons. The number of rotatable bonds is 4. The number of thioether (sulfide) groups is 1. The van der Waals surface area contributed by atoms with Crippen LogP contribution < -0.4 is 5.73 Å². The first kappa shape index (κ1) is 13.7. The minimum absolute atomic E-state index is 0.281. The van der Waals surface area contributed by atoms with Crippen molar-refractivity contribution < 1.29 is 4.74 Å². The summed E-state index contributed by atoms with van der Waals surface area (Å²) in [6.45, 7) is 3.91. The van der Waals surface area contributed by atoms with E-state index in [1.54, 1.807) is 0 Å². The smallest absolute Gasteiger partial charge is 0.0469 e. The van der Waals surface area contributed by atoms with Crippen molar-refractivity contribution in [2.45, 2.75) is 31.2 Å². The molecular formula is C13H26N2OS. The van der Waals surface area contributed by atoms with Crippen LogP contribution in [0.4, 0.5) is 0 Å². The van der Waals surface area contributed by atoms with Crippen molar-refractivity contribution in [3.8, 4) is 0 Å². The third-order valence-corrected chi connectivity index (χ3v) is 5.47. The highest BCUT2D eigenvalue weighted by atomic mass is 32.2. The second-order valence-electron chi connectivity index (χ2n) is 5.48. The van der Waals surface area contributed by atoms with Crippen molar-refractivity contribution in [3.05, 3.63) is 0 Å². The molecule has 2 rings (SSSR count). The summed E-state index contributed by atoms with van der Waals surface area (Å²) in [5.41, 5.74) is 6.35. The molecule has 3 nitrogen and oxygen atoms in total. The Kier molecular flexibility index (Phi) is 5.15. The average molecular weight is 258 g/mol. The summed E-state index contributed by atoms with van der Waals surface area (Å²) >= 11 is 2.07. The summed E-state index contributed by atoms with van der Waals surface area (Å²) in [6, 6.07) is 0. The van der Waals surface area contributed by atoms with E-state index in [0.29, 0.717) is 0 Å². The number of likely N-dealkylation sites (N-methyl/N-ethyl adjacent to an activating group) is 1. The predicted octanol–water partition coefficient (Wildman–Crippen LogP) is 1.57. The van der Waals surface area contributed by atoms with E-state index in [1.165, 1.54) is 43.7 Å². The number of hydrogen-bond acceptors (Lipinski definition) is 4. The van der Waals surface area contributed by atoms with Gasteiger partial charge in [0, 0.05) is 31.8 Å². The number of nitrogens with two attached hydrogens (primary N) is 1. The maximum atomic E-state index is 6.07. The highest BCUT2D eigenvalue weighted by Gasteiger charge is 2.35. The molecule has 100 valence electrons. The van der Waals surface area contributed by atoms with Crippen LogP contribution in [-0.2, 0) is 4.74 Å². The molecule has 2 aliphatic heterocycles. The lowest BCUT2D eigenvalue weighted by atomic mass is 9.88. The minimum Gasteiger partial charge on any atom is -0.381 e. The summed E-state index contributed by atoms with van der Waals surface area (Å²) < 4.78 is 5.43. The first-order valence-electron chi connectivity index (χ1n) is 6.84. The van der Waals surface area contributed by atoms with Crippen molar-refractivity contribution in [1.82, 2.24) is 4.90 Å². The van der Waals surface area contributed by atoms with Gasteiger partial charge in [-0.3, -0.25) is 4.90 Å². The van der Waals surface area contributed by atoms with E-state index < -0.39 is 0 Å². The van der Waals surface area contributed by atoms with Crippen LogP contribution in [0.2, 0.25) is 0 Å². The zero-order chi connectivity index (χ0) is 12.1. The van der Waals surface area contributed by atoms with Crippen molar-refractivity contribution in [2.24, 2.45) is 11.7 Å². The molecule has 2 heterocycles. The number of hydrogen-bond donors (Lipinski definition) is 1. The summed E-state index contributed by atoms with van der Waals surface area (Å²) in [5, 5.41) is 0. The second-order valence-corrected chi connectivity index (χ2v) is 6.70. The van der Waals surface area contributed by atoms with Crippen molar-refractivity contribution in [2.75, 3.05) is 44.9 Å². The van der Waals surface area contributed by atoms with Crippen molar-refractivity contribution >= 4 is 11.8 Å². The molecular weight excluding hydrogens is 232 g/mol. The molecule has 2 aliphatic rings. The SMILES string of the molecule is CN(CC1CCOCC1)C1(CN)CCSCC1. The van der Waals surface area contributed by atoms with Crippen LogP contribution in [0.5, 0.6) is 0 Å². The molecule has 2 saturated heterocycles. The van der Waals surface area contributed by atoms with E-state index in [9.17, 15) is 0 Å². The van der Waals surface area contributed by atoms with Crippen molar-refractivity contribution in [1.29, 1.82) is 0 Å². The highest BCUT2D eigenvalue weighted by Crippen LogP contribution is 2.32. The predicted molar refractivity (Wildman–Crippen MR) is 74.5 cm³/mol. The minimum atomic E-state index is 0.281. The molecule has 0 aromatic carbocycles. The van der Waals surface area contributed by atoms with Crippen LogP contribution in [-0.4, -0.2) is 55.3 Å². The molecule has 17 heavy (non-hydrogen) atoms. The van der Waals surface area contributed by atoms with Gasteiger partial charge in [-0.1, -0.05) is 0 Å². The van der Waals surface area contributed by atoms with Gasteiger partial charge in [0.25, 0.3) is 0 Å². The monoisotopic (exact) mass is 258 g/mol. The molecule has 2 fully saturated rings. The lowest BCUT2D eigenvalue weighted by Crippen LogP contribution is -2.55. The molecule has 0 unspecified atom stereocenters. The maximum absolute atomic E-state index is 6.07. The molecule has 2 N–H and O–H groups in total. The first-order chi connectivity index (χ1) is 8.27. The third-order valence-electron chi connectivity index (χ3n) is 4.49. The summed E-state index contributed by atoms with van der Waals surface area (Å²) in [7, 11) is 2.28. The number of nitrogens with zero attached hydrogens (tertiary/aromatic N) is 1. The fraction of sp³-hybridized carbons (Fsp3) is 1.00. The Morgan fingerprint density at radius 3 is 2.53 bits per heavy atom. The standard InChI is InChI=1S/C13H26N2OS/c1-15(10-12-2-6-16-7-3-12)13(11-14)4-8-17-9-5-13/h12H,2-11,14H2,1H3. The summed E-state index contributed by atoms with van der Waals surface area (Å²) in [5.74, 6) is 3.36. The molecule has 0 aromatic rings. The van der Waals surface area contributed by atoms with Gasteiger partial charge in [0.05, 0.1) is 0 Å². The lowest BCUT2D eigenvalue weighted by molar-refractivity contribution is 0.0316. The van der Waals surface area contributed by atoms with Crippen LogP contribution in [0.3, 0.4) is 0 Å². The molecule has 0 atom stereocenters. The Labute approximate surface area is 109 Å². The zero-order valence-corrected chi connectivity index (χ0v) is 11.8. The summed E-state index contributed by atoms with van der Waals surface area (Å²) in [4.78, 5) is 2.56. The Balaban J connectivity index is 1.89. The largest absolute Gasteiger partial charge is 0.381 e. The fourth-order valence-corrected chi connectivity index (χ4v) is 4.26. The Morgan fingerprint density at radius 2 is 1.94 bits per heavy atom. The van der Waals surface area contributed by atoms with E-state index in [2.05, 4.69) is 23.7 Å². The summed E-state index contributed by atoms with van der Waals surface area (Å²) in [6.07, 6.45) is 4.96. The average Bonchev–Trinajstić information content (AvgIpc) is 2.40. The fourth-order valence-electron chi connectivity index (χ4n) is 3.00. The van der Waals surface area contributed by atoms with Gasteiger partial charge in [0.1, 0.15) is 0 Å². The molecule has 0 aromatic heterocycles. The maximum Gasteiger partial charge on any atom is 0.0469 e. The van der Waals surface area contributed by atoms with Crippen LogP contribution in [0, 0.1) is 5.92 Å². The molecule has 4 heteroatoms. The topological polar surface area (TPSA) is 38.5 Å². The molecule has 0 bridgehead atoms. The van der Waals surface area contributed by atoms with Crippen molar-refractivity contribution in [3.63, 3.8) is 0 Å². The molecule has 0 amide bonds. The second kappa shape index (κ2) is 6.41. The Hall–Kier alpha value is 0.230. The van der Waals surface area contributed by atoms with Crippen LogP contribution in [0.15, 0.2) is 0 Å². The van der Waals surface area contributed by atoms with Gasteiger partial charge in [-0.2, -0.15) is 11.8 Å². The van der Waals surface area contributed by atoms with E-state index in [0.717, 1.165) is 25.7 Å². The van der Waals surface area contributed by atoms with E-state index in [1.807, 2.05) is 0 Å². The number of ether oxygens (including phenoxy) is 1. The lowest BCUT2D eigenvalue weighted by Gasteiger charge is -2.45. The van der Waals surface area contributed by atoms with Gasteiger partial charge in [0.2, 0.25) is 0 Å². The van der Waals surface area contributed by atoms with Gasteiger partial charge in [0.15, 0.2) is 0 Å². The van der Waals surface area contributed by atoms with E-state index in [4.69, 9.17) is 10.5 Å². The van der Waals surface area contributed by atoms with Gasteiger partial charge in [-0.15, -0.1) is 0 Å². The molecule has 0 spiro atoms.